The second-order valence-corrected chi connectivity index (χ2v) is 3.73. The van der Waals surface area contributed by atoms with E-state index < -0.39 is 6.04 Å². The van der Waals surface area contributed by atoms with Crippen LogP contribution in [0.2, 0.25) is 0 Å². The Labute approximate surface area is 108 Å². The van der Waals surface area contributed by atoms with Gasteiger partial charge in [-0.25, -0.2) is 0 Å². The molecule has 18 heavy (non-hydrogen) atoms. The molecule has 0 radical (unpaired) electrons. The third-order valence-corrected chi connectivity index (χ3v) is 2.20. The number of hydrogen-bond donors (Lipinski definition) is 3. The number of amides is 2. The number of hydrogen-bond acceptors (Lipinski definition) is 5. The van der Waals surface area contributed by atoms with Crippen molar-refractivity contribution in [2.75, 3.05) is 47.1 Å². The summed E-state index contributed by atoms with van der Waals surface area (Å²) in [6, 6.07) is -0.421. The van der Waals surface area contributed by atoms with E-state index in [2.05, 4.69) is 16.0 Å². The van der Waals surface area contributed by atoms with Crippen LogP contribution in [-0.4, -0.2) is 64.9 Å². The maximum Gasteiger partial charge on any atom is 0.236 e. The van der Waals surface area contributed by atoms with Crippen molar-refractivity contribution in [3.63, 3.8) is 0 Å². The van der Waals surface area contributed by atoms with E-state index in [4.69, 9.17) is 9.47 Å². The smallest absolute Gasteiger partial charge is 0.236 e. The first kappa shape index (κ1) is 16.8. The van der Waals surface area contributed by atoms with Crippen molar-refractivity contribution < 1.29 is 19.1 Å². The molecule has 0 saturated carbocycles. The highest BCUT2D eigenvalue weighted by molar-refractivity contribution is 5.83. The van der Waals surface area contributed by atoms with Crippen LogP contribution in [0.25, 0.3) is 0 Å². The highest BCUT2D eigenvalue weighted by Gasteiger charge is 2.12. The van der Waals surface area contributed by atoms with Gasteiger partial charge >= 0.3 is 0 Å². The summed E-state index contributed by atoms with van der Waals surface area (Å²) in [6.45, 7) is 3.66. The Balaban J connectivity index is 3.64. The highest BCUT2D eigenvalue weighted by Crippen LogP contribution is 1.81. The van der Waals surface area contributed by atoms with E-state index in [0.29, 0.717) is 26.3 Å². The van der Waals surface area contributed by atoms with Gasteiger partial charge in [0.25, 0.3) is 0 Å². The molecular formula is C11H23N3O4. The summed E-state index contributed by atoms with van der Waals surface area (Å²) < 4.78 is 9.61. The zero-order valence-electron chi connectivity index (χ0n) is 11.2. The summed E-state index contributed by atoms with van der Waals surface area (Å²) in [5.41, 5.74) is 0. The Morgan fingerprint density at radius 3 is 2.17 bits per heavy atom. The largest absolute Gasteiger partial charge is 0.383 e. The molecule has 0 fully saturated rings. The van der Waals surface area contributed by atoms with E-state index in [1.165, 1.54) is 0 Å². The van der Waals surface area contributed by atoms with Crippen molar-refractivity contribution in [1.29, 1.82) is 0 Å². The predicted molar refractivity (Wildman–Crippen MR) is 67.2 cm³/mol. The van der Waals surface area contributed by atoms with Gasteiger partial charge in [0, 0.05) is 27.3 Å². The summed E-state index contributed by atoms with van der Waals surface area (Å²) in [6.07, 6.45) is 0. The average molecular weight is 261 g/mol. The monoisotopic (exact) mass is 261 g/mol. The van der Waals surface area contributed by atoms with Crippen LogP contribution in [0.4, 0.5) is 0 Å². The van der Waals surface area contributed by atoms with Crippen molar-refractivity contribution in [1.82, 2.24) is 16.0 Å². The van der Waals surface area contributed by atoms with Crippen molar-refractivity contribution >= 4 is 11.8 Å². The molecule has 7 heteroatoms. The Kier molecular flexibility index (Phi) is 10.2. The Hall–Kier alpha value is -1.18. The molecule has 0 aromatic heterocycles. The zero-order chi connectivity index (χ0) is 13.8. The third-order valence-electron chi connectivity index (χ3n) is 2.20. The first-order valence-corrected chi connectivity index (χ1v) is 5.87. The fraction of sp³-hybridized carbons (Fsp3) is 0.818. The molecule has 0 heterocycles. The van der Waals surface area contributed by atoms with Gasteiger partial charge in [-0.3, -0.25) is 14.9 Å². The van der Waals surface area contributed by atoms with E-state index in [1.54, 1.807) is 21.1 Å². The lowest BCUT2D eigenvalue weighted by atomic mass is 10.3. The number of ether oxygens (including phenoxy) is 2. The van der Waals surface area contributed by atoms with E-state index >= 15 is 0 Å². The standard InChI is InChI=1S/C11H23N3O4/c1-9(11(16)13-5-7-18-3)14-8-10(15)12-4-6-17-2/h9,14H,4-8H2,1-3H3,(H,12,15)(H,13,16). The van der Waals surface area contributed by atoms with Gasteiger partial charge < -0.3 is 20.1 Å². The molecule has 7 nitrogen and oxygen atoms in total. The summed E-state index contributed by atoms with van der Waals surface area (Å²) in [4.78, 5) is 22.8. The fourth-order valence-corrected chi connectivity index (χ4v) is 1.12. The van der Waals surface area contributed by atoms with Gasteiger partial charge in [0.1, 0.15) is 0 Å². The molecule has 0 aliphatic rings. The molecule has 0 aromatic carbocycles. The molecule has 0 bridgehead atoms. The SMILES string of the molecule is COCCNC(=O)CNC(C)C(=O)NCCOC. The molecule has 0 aromatic rings. The molecule has 1 unspecified atom stereocenters. The van der Waals surface area contributed by atoms with Crippen molar-refractivity contribution in [3.05, 3.63) is 0 Å². The second-order valence-electron chi connectivity index (χ2n) is 3.73. The normalized spacial score (nSPS) is 11.9. The highest BCUT2D eigenvalue weighted by atomic mass is 16.5. The summed E-state index contributed by atoms with van der Waals surface area (Å²) >= 11 is 0. The van der Waals surface area contributed by atoms with Crippen molar-refractivity contribution in [3.8, 4) is 0 Å². The quantitative estimate of drug-likeness (QED) is 0.416. The topological polar surface area (TPSA) is 88.7 Å². The second kappa shape index (κ2) is 10.9. The number of carbonyl (C=O) groups is 2. The molecule has 2 amide bonds. The third kappa shape index (κ3) is 8.91. The van der Waals surface area contributed by atoms with Crippen LogP contribution in [0.5, 0.6) is 0 Å². The lowest BCUT2D eigenvalue weighted by molar-refractivity contribution is -0.123. The molecule has 0 spiro atoms. The number of rotatable bonds is 10. The molecule has 0 aliphatic heterocycles. The van der Waals surface area contributed by atoms with Crippen LogP contribution in [0.1, 0.15) is 6.92 Å². The molecule has 0 saturated heterocycles. The Bertz CT molecular complexity index is 248. The van der Waals surface area contributed by atoms with Gasteiger partial charge in [-0.1, -0.05) is 0 Å². The maximum absolute atomic E-state index is 11.5. The fourth-order valence-electron chi connectivity index (χ4n) is 1.12. The van der Waals surface area contributed by atoms with Crippen LogP contribution in [-0.2, 0) is 19.1 Å². The summed E-state index contributed by atoms with van der Waals surface area (Å²) in [5, 5.41) is 8.16. The minimum atomic E-state index is -0.421. The van der Waals surface area contributed by atoms with Crippen molar-refractivity contribution in [2.45, 2.75) is 13.0 Å². The van der Waals surface area contributed by atoms with Gasteiger partial charge in [0.15, 0.2) is 0 Å². The minimum absolute atomic E-state index is 0.0998. The number of carbonyl (C=O) groups excluding carboxylic acids is 2. The Morgan fingerprint density at radius 1 is 1.06 bits per heavy atom. The van der Waals surface area contributed by atoms with Crippen LogP contribution in [0.3, 0.4) is 0 Å². The van der Waals surface area contributed by atoms with Gasteiger partial charge in [0.2, 0.25) is 11.8 Å². The van der Waals surface area contributed by atoms with Gasteiger partial charge in [-0.2, -0.15) is 0 Å². The first-order valence-electron chi connectivity index (χ1n) is 5.87. The predicted octanol–water partition coefficient (Wildman–Crippen LogP) is -1.51. The van der Waals surface area contributed by atoms with E-state index in [9.17, 15) is 9.59 Å². The van der Waals surface area contributed by atoms with Gasteiger partial charge in [-0.15, -0.1) is 0 Å². The molecule has 0 rings (SSSR count). The molecular weight excluding hydrogens is 238 g/mol. The summed E-state index contributed by atoms with van der Waals surface area (Å²) in [7, 11) is 3.13. The maximum atomic E-state index is 11.5. The minimum Gasteiger partial charge on any atom is -0.383 e. The van der Waals surface area contributed by atoms with Crippen LogP contribution in [0, 0.1) is 0 Å². The zero-order valence-corrected chi connectivity index (χ0v) is 11.2. The molecule has 0 aliphatic carbocycles. The van der Waals surface area contributed by atoms with E-state index in [0.717, 1.165) is 0 Å². The molecule has 3 N–H and O–H groups in total. The van der Waals surface area contributed by atoms with Crippen LogP contribution < -0.4 is 16.0 Å². The van der Waals surface area contributed by atoms with Gasteiger partial charge in [0.05, 0.1) is 25.8 Å². The average Bonchev–Trinajstić information content (AvgIpc) is 2.36. The summed E-state index contributed by atoms with van der Waals surface area (Å²) in [5.74, 6) is -0.319. The van der Waals surface area contributed by atoms with Crippen LogP contribution in [0.15, 0.2) is 0 Å². The molecule has 1 atom stereocenters. The number of nitrogens with one attached hydrogen (secondary N) is 3. The van der Waals surface area contributed by atoms with Crippen LogP contribution >= 0.6 is 0 Å². The van der Waals surface area contributed by atoms with Gasteiger partial charge in [-0.05, 0) is 6.92 Å². The molecule has 106 valence electrons. The van der Waals surface area contributed by atoms with E-state index in [-0.39, 0.29) is 18.4 Å². The number of methoxy groups -OCH3 is 2. The first-order chi connectivity index (χ1) is 8.61. The lowest BCUT2D eigenvalue weighted by Gasteiger charge is -2.13. The Morgan fingerprint density at radius 2 is 1.61 bits per heavy atom. The lowest BCUT2D eigenvalue weighted by Crippen LogP contribution is -2.46. The van der Waals surface area contributed by atoms with Crippen molar-refractivity contribution in [2.24, 2.45) is 0 Å². The van der Waals surface area contributed by atoms with E-state index in [1.807, 2.05) is 0 Å².